The van der Waals surface area contributed by atoms with Gasteiger partial charge in [0.2, 0.25) is 0 Å². The molecule has 3 rings (SSSR count). The molecule has 0 radical (unpaired) electrons. The summed E-state index contributed by atoms with van der Waals surface area (Å²) in [6.07, 6.45) is 0. The quantitative estimate of drug-likeness (QED) is 0.900. The molecule has 20 heavy (non-hydrogen) atoms. The summed E-state index contributed by atoms with van der Waals surface area (Å²) in [4.78, 5) is 5.14. The van der Waals surface area contributed by atoms with Crippen LogP contribution in [0.2, 0.25) is 0 Å². The second kappa shape index (κ2) is 6.43. The molecule has 0 bridgehead atoms. The van der Waals surface area contributed by atoms with E-state index in [2.05, 4.69) is 43.2 Å². The van der Waals surface area contributed by atoms with Crippen LogP contribution in [0.5, 0.6) is 5.75 Å². The lowest BCUT2D eigenvalue weighted by Crippen LogP contribution is -2.62. The fourth-order valence-electron chi connectivity index (χ4n) is 3.02. The highest BCUT2D eigenvalue weighted by Gasteiger charge is 2.31. The number of piperazine rings is 1. The smallest absolute Gasteiger partial charge is 0.133 e. The summed E-state index contributed by atoms with van der Waals surface area (Å²) in [6, 6.07) is 7.12. The van der Waals surface area contributed by atoms with Gasteiger partial charge in [-0.3, -0.25) is 9.80 Å². The highest BCUT2D eigenvalue weighted by Crippen LogP contribution is 2.27. The van der Waals surface area contributed by atoms with Crippen molar-refractivity contribution in [3.05, 3.63) is 28.2 Å². The Morgan fingerprint density at radius 3 is 2.70 bits per heavy atom. The fourth-order valence-corrected chi connectivity index (χ4v) is 3.60. The molecule has 0 unspecified atom stereocenters. The van der Waals surface area contributed by atoms with E-state index in [1.165, 1.54) is 31.7 Å². The Hall–Kier alpha value is -0.620. The Bertz CT molecular complexity index is 456. The third-order valence-corrected chi connectivity index (χ3v) is 4.85. The van der Waals surface area contributed by atoms with Crippen molar-refractivity contribution in [2.75, 3.05) is 46.4 Å². The molecule has 0 aliphatic carbocycles. The average molecular weight is 340 g/mol. The van der Waals surface area contributed by atoms with Crippen molar-refractivity contribution >= 4 is 15.9 Å². The lowest BCUT2D eigenvalue weighted by atomic mass is 10.0. The molecular weight excluding hydrogens is 318 g/mol. The van der Waals surface area contributed by atoms with Crippen LogP contribution in [0.25, 0.3) is 0 Å². The van der Waals surface area contributed by atoms with E-state index in [1.807, 2.05) is 6.07 Å². The molecular formula is C15H22BrN3O. The SMILES string of the molecule is COc1ccc(CN2CC(N3CCNCC3)C2)cc1Br. The van der Waals surface area contributed by atoms with Gasteiger partial charge in [-0.2, -0.15) is 0 Å². The highest BCUT2D eigenvalue weighted by atomic mass is 79.9. The molecule has 2 aliphatic heterocycles. The second-order valence-electron chi connectivity index (χ2n) is 5.60. The molecule has 0 aromatic heterocycles. The van der Waals surface area contributed by atoms with Gasteiger partial charge in [0, 0.05) is 51.9 Å². The second-order valence-corrected chi connectivity index (χ2v) is 6.46. The zero-order chi connectivity index (χ0) is 13.9. The number of halogens is 1. The lowest BCUT2D eigenvalue weighted by molar-refractivity contribution is 0.0223. The minimum absolute atomic E-state index is 0.763. The average Bonchev–Trinajstić information content (AvgIpc) is 2.43. The summed E-state index contributed by atoms with van der Waals surface area (Å²) in [5.74, 6) is 0.899. The van der Waals surface area contributed by atoms with Crippen molar-refractivity contribution < 1.29 is 4.74 Å². The van der Waals surface area contributed by atoms with E-state index in [0.717, 1.165) is 35.9 Å². The Morgan fingerprint density at radius 2 is 2.05 bits per heavy atom. The largest absolute Gasteiger partial charge is 0.496 e. The minimum Gasteiger partial charge on any atom is -0.496 e. The fraction of sp³-hybridized carbons (Fsp3) is 0.600. The Balaban J connectivity index is 1.49. The number of methoxy groups -OCH3 is 1. The Kier molecular flexibility index (Phi) is 4.61. The van der Waals surface area contributed by atoms with Crippen LogP contribution in [0.3, 0.4) is 0 Å². The van der Waals surface area contributed by atoms with Crippen LogP contribution < -0.4 is 10.1 Å². The van der Waals surface area contributed by atoms with E-state index >= 15 is 0 Å². The van der Waals surface area contributed by atoms with Gasteiger partial charge in [-0.25, -0.2) is 0 Å². The van der Waals surface area contributed by atoms with Crippen LogP contribution in [-0.2, 0) is 6.54 Å². The molecule has 1 aromatic rings. The molecule has 4 nitrogen and oxygen atoms in total. The summed E-state index contributed by atoms with van der Waals surface area (Å²) in [5.41, 5.74) is 1.34. The standard InChI is InChI=1S/C15H22BrN3O/c1-20-15-3-2-12(8-14(15)16)9-18-10-13(11-18)19-6-4-17-5-7-19/h2-3,8,13,17H,4-7,9-11H2,1H3. The molecule has 110 valence electrons. The maximum atomic E-state index is 5.27. The first-order valence-corrected chi connectivity index (χ1v) is 8.05. The number of hydrogen-bond acceptors (Lipinski definition) is 4. The molecule has 5 heteroatoms. The van der Waals surface area contributed by atoms with Crippen LogP contribution >= 0.6 is 15.9 Å². The third-order valence-electron chi connectivity index (χ3n) is 4.23. The summed E-state index contributed by atoms with van der Waals surface area (Å²) < 4.78 is 6.31. The lowest BCUT2D eigenvalue weighted by Gasteiger charge is -2.47. The topological polar surface area (TPSA) is 27.7 Å². The predicted octanol–water partition coefficient (Wildman–Crippen LogP) is 1.55. The van der Waals surface area contributed by atoms with E-state index < -0.39 is 0 Å². The molecule has 0 saturated carbocycles. The number of benzene rings is 1. The summed E-state index contributed by atoms with van der Waals surface area (Å²) in [7, 11) is 1.70. The minimum atomic E-state index is 0.763. The van der Waals surface area contributed by atoms with Gasteiger partial charge in [0.25, 0.3) is 0 Å². The van der Waals surface area contributed by atoms with Crippen LogP contribution in [0, 0.1) is 0 Å². The first kappa shape index (κ1) is 14.3. The summed E-state index contributed by atoms with van der Waals surface area (Å²) >= 11 is 3.55. The zero-order valence-electron chi connectivity index (χ0n) is 11.9. The number of rotatable bonds is 4. The molecule has 1 N–H and O–H groups in total. The maximum absolute atomic E-state index is 5.27. The van der Waals surface area contributed by atoms with E-state index in [4.69, 9.17) is 4.74 Å². The van der Waals surface area contributed by atoms with Gasteiger partial charge in [0.15, 0.2) is 0 Å². The number of nitrogens with zero attached hydrogens (tertiary/aromatic N) is 2. The maximum Gasteiger partial charge on any atom is 0.133 e. The number of nitrogens with one attached hydrogen (secondary N) is 1. The van der Waals surface area contributed by atoms with Crippen molar-refractivity contribution in [1.29, 1.82) is 0 Å². The Morgan fingerprint density at radius 1 is 1.30 bits per heavy atom. The Labute approximate surface area is 129 Å². The van der Waals surface area contributed by atoms with Gasteiger partial charge >= 0.3 is 0 Å². The normalized spacial score (nSPS) is 21.7. The van der Waals surface area contributed by atoms with Crippen LogP contribution in [0.4, 0.5) is 0 Å². The van der Waals surface area contributed by atoms with Gasteiger partial charge < -0.3 is 10.1 Å². The van der Waals surface area contributed by atoms with Gasteiger partial charge in [0.1, 0.15) is 5.75 Å². The molecule has 2 aliphatic rings. The van der Waals surface area contributed by atoms with E-state index in [9.17, 15) is 0 Å². The first-order chi connectivity index (χ1) is 9.76. The first-order valence-electron chi connectivity index (χ1n) is 7.26. The summed E-state index contributed by atoms with van der Waals surface area (Å²) in [6.45, 7) is 8.11. The number of ether oxygens (including phenoxy) is 1. The number of likely N-dealkylation sites (tertiary alicyclic amines) is 1. The highest BCUT2D eigenvalue weighted by molar-refractivity contribution is 9.10. The van der Waals surface area contributed by atoms with Crippen molar-refractivity contribution in [2.24, 2.45) is 0 Å². The summed E-state index contributed by atoms with van der Waals surface area (Å²) in [5, 5.41) is 3.41. The van der Waals surface area contributed by atoms with Gasteiger partial charge in [-0.15, -0.1) is 0 Å². The van der Waals surface area contributed by atoms with Crippen LogP contribution in [-0.4, -0.2) is 62.2 Å². The van der Waals surface area contributed by atoms with Crippen molar-refractivity contribution in [3.63, 3.8) is 0 Å². The van der Waals surface area contributed by atoms with E-state index in [0.29, 0.717) is 0 Å². The molecule has 2 heterocycles. The molecule has 2 saturated heterocycles. The molecule has 2 fully saturated rings. The molecule has 1 aromatic carbocycles. The van der Waals surface area contributed by atoms with Crippen molar-refractivity contribution in [1.82, 2.24) is 15.1 Å². The zero-order valence-corrected chi connectivity index (χ0v) is 13.5. The number of hydrogen-bond donors (Lipinski definition) is 1. The van der Waals surface area contributed by atoms with E-state index in [1.54, 1.807) is 7.11 Å². The van der Waals surface area contributed by atoms with Gasteiger partial charge in [-0.1, -0.05) is 6.07 Å². The molecule has 0 spiro atoms. The van der Waals surface area contributed by atoms with Gasteiger partial charge in [0.05, 0.1) is 11.6 Å². The van der Waals surface area contributed by atoms with Gasteiger partial charge in [-0.05, 0) is 33.6 Å². The van der Waals surface area contributed by atoms with Crippen molar-refractivity contribution in [3.8, 4) is 5.75 Å². The third kappa shape index (κ3) is 3.17. The van der Waals surface area contributed by atoms with Crippen LogP contribution in [0.1, 0.15) is 5.56 Å². The van der Waals surface area contributed by atoms with Crippen LogP contribution in [0.15, 0.2) is 22.7 Å². The van der Waals surface area contributed by atoms with E-state index in [-0.39, 0.29) is 0 Å². The predicted molar refractivity (Wildman–Crippen MR) is 84.2 cm³/mol. The molecule has 0 atom stereocenters. The molecule has 0 amide bonds. The monoisotopic (exact) mass is 339 g/mol. The van der Waals surface area contributed by atoms with Crippen molar-refractivity contribution in [2.45, 2.75) is 12.6 Å².